The summed E-state index contributed by atoms with van der Waals surface area (Å²) in [5.74, 6) is -0.425. The van der Waals surface area contributed by atoms with Gasteiger partial charge in [-0.25, -0.2) is 0 Å². The highest BCUT2D eigenvalue weighted by atomic mass is 16.2. The van der Waals surface area contributed by atoms with Gasteiger partial charge in [0.1, 0.15) is 0 Å². The summed E-state index contributed by atoms with van der Waals surface area (Å²) >= 11 is 0. The highest BCUT2D eigenvalue weighted by Crippen LogP contribution is 2.07. The van der Waals surface area contributed by atoms with Crippen LogP contribution in [0.15, 0.2) is 54.6 Å². The highest BCUT2D eigenvalue weighted by Gasteiger charge is 2.09. The number of nitrogens with one attached hydrogen (secondary N) is 2. The molecule has 0 atom stereocenters. The Labute approximate surface area is 147 Å². The van der Waals surface area contributed by atoms with E-state index < -0.39 is 0 Å². The first-order chi connectivity index (χ1) is 12.1. The molecule has 0 aromatic heterocycles. The Balaban J connectivity index is 1.63. The average Bonchev–Trinajstić information content (AvgIpc) is 2.64. The molecule has 0 aliphatic carbocycles. The average molecular weight is 338 g/mol. The maximum Gasteiger partial charge on any atom is 0.251 e. The van der Waals surface area contributed by atoms with E-state index in [-0.39, 0.29) is 30.4 Å². The minimum atomic E-state index is -0.200. The fourth-order valence-corrected chi connectivity index (χ4v) is 2.27. The van der Waals surface area contributed by atoms with Gasteiger partial charge in [0, 0.05) is 37.1 Å². The van der Waals surface area contributed by atoms with Gasteiger partial charge in [-0.3, -0.25) is 14.4 Å². The zero-order chi connectivity index (χ0) is 18.1. The Kier molecular flexibility index (Phi) is 6.89. The maximum atomic E-state index is 12.0. The normalized spacial score (nSPS) is 10.1. The van der Waals surface area contributed by atoms with Gasteiger partial charge in [-0.2, -0.15) is 0 Å². The van der Waals surface area contributed by atoms with E-state index in [0.717, 1.165) is 5.56 Å². The number of hydrogen-bond donors (Lipinski definition) is 2. The van der Waals surface area contributed by atoms with Crippen molar-refractivity contribution in [3.05, 3.63) is 71.3 Å². The van der Waals surface area contributed by atoms with Crippen molar-refractivity contribution in [2.75, 3.05) is 13.1 Å². The van der Waals surface area contributed by atoms with Gasteiger partial charge in [0.25, 0.3) is 5.91 Å². The van der Waals surface area contributed by atoms with Crippen molar-refractivity contribution in [2.24, 2.45) is 0 Å². The molecular weight excluding hydrogens is 316 g/mol. The first kappa shape index (κ1) is 18.4. The van der Waals surface area contributed by atoms with Crippen molar-refractivity contribution in [1.29, 1.82) is 0 Å². The van der Waals surface area contributed by atoms with Gasteiger partial charge in [0.2, 0.25) is 5.91 Å². The molecule has 0 unspecified atom stereocenters. The Hall–Kier alpha value is -2.95. The molecule has 5 nitrogen and oxygen atoms in total. The van der Waals surface area contributed by atoms with E-state index in [1.807, 2.05) is 25.1 Å². The third-order valence-corrected chi connectivity index (χ3v) is 3.72. The topological polar surface area (TPSA) is 75.3 Å². The predicted molar refractivity (Wildman–Crippen MR) is 96.5 cm³/mol. The molecule has 2 amide bonds. The standard InChI is InChI=1S/C20H22N2O3/c1-15-7-9-16(10-8-15)18(23)11-12-19(24)21-13-14-22-20(25)17-5-3-2-4-6-17/h2-10H,11-14H2,1H3,(H,21,24)(H,22,25). The summed E-state index contributed by atoms with van der Waals surface area (Å²) in [6, 6.07) is 16.2. The van der Waals surface area contributed by atoms with Crippen LogP contribution in [0.5, 0.6) is 0 Å². The first-order valence-electron chi connectivity index (χ1n) is 8.26. The Morgan fingerprint density at radius 3 is 2.08 bits per heavy atom. The number of aryl methyl sites for hydroxylation is 1. The molecule has 2 rings (SSSR count). The molecule has 0 saturated heterocycles. The summed E-state index contributed by atoms with van der Waals surface area (Å²) in [5.41, 5.74) is 2.29. The van der Waals surface area contributed by atoms with E-state index in [9.17, 15) is 14.4 Å². The molecule has 2 N–H and O–H groups in total. The molecule has 130 valence electrons. The van der Waals surface area contributed by atoms with E-state index in [2.05, 4.69) is 10.6 Å². The third kappa shape index (κ3) is 6.22. The second-order valence-corrected chi connectivity index (χ2v) is 5.76. The van der Waals surface area contributed by atoms with Crippen LogP contribution < -0.4 is 10.6 Å². The highest BCUT2D eigenvalue weighted by molar-refractivity contribution is 5.98. The van der Waals surface area contributed by atoms with Crippen molar-refractivity contribution >= 4 is 17.6 Å². The van der Waals surface area contributed by atoms with Crippen LogP contribution in [0.25, 0.3) is 0 Å². The summed E-state index contributed by atoms with van der Waals surface area (Å²) in [6.07, 6.45) is 0.310. The predicted octanol–water partition coefficient (Wildman–Crippen LogP) is 2.50. The Morgan fingerprint density at radius 1 is 0.760 bits per heavy atom. The molecule has 0 spiro atoms. The molecule has 0 aliphatic rings. The van der Waals surface area contributed by atoms with Gasteiger partial charge in [-0.15, -0.1) is 0 Å². The Morgan fingerprint density at radius 2 is 1.40 bits per heavy atom. The van der Waals surface area contributed by atoms with Crippen LogP contribution in [0.4, 0.5) is 0 Å². The van der Waals surface area contributed by atoms with Crippen LogP contribution in [0.2, 0.25) is 0 Å². The lowest BCUT2D eigenvalue weighted by Crippen LogP contribution is -2.34. The van der Waals surface area contributed by atoms with E-state index in [4.69, 9.17) is 0 Å². The summed E-state index contributed by atoms with van der Waals surface area (Å²) in [7, 11) is 0. The number of benzene rings is 2. The van der Waals surface area contributed by atoms with E-state index in [1.54, 1.807) is 36.4 Å². The number of rotatable bonds is 8. The monoisotopic (exact) mass is 338 g/mol. The van der Waals surface area contributed by atoms with Crippen LogP contribution >= 0.6 is 0 Å². The van der Waals surface area contributed by atoms with E-state index in [1.165, 1.54) is 0 Å². The fraction of sp³-hybridized carbons (Fsp3) is 0.250. The zero-order valence-corrected chi connectivity index (χ0v) is 14.2. The van der Waals surface area contributed by atoms with E-state index in [0.29, 0.717) is 24.2 Å². The summed E-state index contributed by atoms with van der Waals surface area (Å²) < 4.78 is 0. The molecule has 0 heterocycles. The van der Waals surface area contributed by atoms with Crippen molar-refractivity contribution in [1.82, 2.24) is 10.6 Å². The van der Waals surface area contributed by atoms with E-state index >= 15 is 0 Å². The third-order valence-electron chi connectivity index (χ3n) is 3.72. The van der Waals surface area contributed by atoms with Gasteiger partial charge in [-0.1, -0.05) is 48.0 Å². The van der Waals surface area contributed by atoms with Crippen molar-refractivity contribution < 1.29 is 14.4 Å². The van der Waals surface area contributed by atoms with Crippen LogP contribution in [0.3, 0.4) is 0 Å². The smallest absolute Gasteiger partial charge is 0.251 e. The molecule has 2 aromatic rings. The van der Waals surface area contributed by atoms with Crippen molar-refractivity contribution in [3.63, 3.8) is 0 Å². The van der Waals surface area contributed by atoms with Crippen LogP contribution in [0, 0.1) is 6.92 Å². The van der Waals surface area contributed by atoms with Gasteiger partial charge >= 0.3 is 0 Å². The molecular formula is C20H22N2O3. The quantitative estimate of drug-likeness (QED) is 0.574. The molecule has 2 aromatic carbocycles. The zero-order valence-electron chi connectivity index (χ0n) is 14.2. The van der Waals surface area contributed by atoms with Gasteiger partial charge < -0.3 is 10.6 Å². The molecule has 0 radical (unpaired) electrons. The number of amides is 2. The molecule has 25 heavy (non-hydrogen) atoms. The second-order valence-electron chi connectivity index (χ2n) is 5.76. The molecule has 0 fully saturated rings. The van der Waals surface area contributed by atoms with Crippen molar-refractivity contribution in [2.45, 2.75) is 19.8 Å². The van der Waals surface area contributed by atoms with Gasteiger partial charge in [0.15, 0.2) is 5.78 Å². The lowest BCUT2D eigenvalue weighted by molar-refractivity contribution is -0.121. The SMILES string of the molecule is Cc1ccc(C(=O)CCC(=O)NCCNC(=O)c2ccccc2)cc1. The maximum absolute atomic E-state index is 12.0. The van der Waals surface area contributed by atoms with Crippen LogP contribution in [-0.4, -0.2) is 30.7 Å². The number of carbonyl (C=O) groups is 3. The van der Waals surface area contributed by atoms with Gasteiger partial charge in [-0.05, 0) is 19.1 Å². The van der Waals surface area contributed by atoms with Crippen LogP contribution in [-0.2, 0) is 4.79 Å². The number of carbonyl (C=O) groups excluding carboxylic acids is 3. The summed E-state index contributed by atoms with van der Waals surface area (Å²) in [5, 5.41) is 5.43. The Bertz CT molecular complexity index is 724. The van der Waals surface area contributed by atoms with Crippen LogP contribution in [0.1, 0.15) is 39.1 Å². The summed E-state index contributed by atoms with van der Waals surface area (Å²) in [6.45, 7) is 2.62. The summed E-state index contributed by atoms with van der Waals surface area (Å²) in [4.78, 5) is 35.6. The molecule has 0 saturated carbocycles. The second kappa shape index (κ2) is 9.37. The minimum absolute atomic E-state index is 0.0486. The lowest BCUT2D eigenvalue weighted by Gasteiger charge is -2.07. The molecule has 5 heteroatoms. The van der Waals surface area contributed by atoms with Crippen molar-refractivity contribution in [3.8, 4) is 0 Å². The number of hydrogen-bond acceptors (Lipinski definition) is 3. The number of ketones is 1. The largest absolute Gasteiger partial charge is 0.354 e. The van der Waals surface area contributed by atoms with Gasteiger partial charge in [0.05, 0.1) is 0 Å². The molecule has 0 bridgehead atoms. The first-order valence-corrected chi connectivity index (χ1v) is 8.26. The number of Topliss-reactive ketones (excluding diaryl/α,β-unsaturated/α-hetero) is 1. The lowest BCUT2D eigenvalue weighted by atomic mass is 10.1. The molecule has 0 aliphatic heterocycles. The fourth-order valence-electron chi connectivity index (χ4n) is 2.27. The minimum Gasteiger partial charge on any atom is -0.354 e.